The maximum atomic E-state index is 12.7. The maximum absolute atomic E-state index is 12.7. The number of amides is 1. The van der Waals surface area contributed by atoms with Crippen molar-refractivity contribution in [2.24, 2.45) is 5.73 Å². The summed E-state index contributed by atoms with van der Waals surface area (Å²) in [4.78, 5) is 30.3. The van der Waals surface area contributed by atoms with Crippen LogP contribution in [0.4, 0.5) is 19.1 Å². The number of carbonyl (C=O) groups excluding carboxylic acids is 1. The van der Waals surface area contributed by atoms with E-state index in [1.165, 1.54) is 14.0 Å². The molecule has 1 aromatic heterocycles. The highest BCUT2D eigenvalue weighted by Gasteiger charge is 2.34. The molecular formula is C12H15F3N4O3. The van der Waals surface area contributed by atoms with Gasteiger partial charge in [-0.15, -0.1) is 0 Å². The van der Waals surface area contributed by atoms with Gasteiger partial charge in [0, 0.05) is 19.2 Å². The Labute approximate surface area is 124 Å². The number of hydrogen-bond donors (Lipinski definition) is 2. The van der Waals surface area contributed by atoms with Crippen LogP contribution < -0.4 is 10.6 Å². The quantitative estimate of drug-likeness (QED) is 0.836. The minimum atomic E-state index is -4.65. The number of aromatic nitrogens is 2. The fourth-order valence-electron chi connectivity index (χ4n) is 1.53. The highest BCUT2D eigenvalue weighted by atomic mass is 19.4. The number of aliphatic carboxylic acids is 1. The van der Waals surface area contributed by atoms with Gasteiger partial charge in [0.15, 0.2) is 0 Å². The van der Waals surface area contributed by atoms with Gasteiger partial charge in [0.05, 0.1) is 0 Å². The molecule has 22 heavy (non-hydrogen) atoms. The molecule has 0 aromatic carbocycles. The van der Waals surface area contributed by atoms with Crippen LogP contribution in [0.1, 0.15) is 24.2 Å². The molecule has 0 aliphatic rings. The third-order valence-electron chi connectivity index (χ3n) is 2.79. The lowest BCUT2D eigenvalue weighted by atomic mass is 10.1. The normalized spacial score (nSPS) is 12.8. The molecule has 0 radical (unpaired) electrons. The Balaban J connectivity index is 2.89. The molecule has 0 saturated carbocycles. The van der Waals surface area contributed by atoms with Crippen LogP contribution in [-0.4, -0.2) is 40.0 Å². The lowest BCUT2D eigenvalue weighted by molar-refractivity contribution is -0.141. The number of halogens is 3. The molecule has 0 fully saturated rings. The van der Waals surface area contributed by atoms with Crippen LogP contribution in [0.25, 0.3) is 0 Å². The zero-order chi connectivity index (χ0) is 17.1. The number of nitrogens with zero attached hydrogens (tertiary/aromatic N) is 3. The van der Waals surface area contributed by atoms with E-state index in [2.05, 4.69) is 9.97 Å². The van der Waals surface area contributed by atoms with E-state index in [9.17, 15) is 22.8 Å². The van der Waals surface area contributed by atoms with Crippen LogP contribution in [-0.2, 0) is 15.8 Å². The van der Waals surface area contributed by atoms with Crippen LogP contribution in [0.5, 0.6) is 0 Å². The van der Waals surface area contributed by atoms with Crippen LogP contribution in [0, 0.1) is 6.92 Å². The second kappa shape index (κ2) is 6.69. The van der Waals surface area contributed by atoms with Gasteiger partial charge in [-0.25, -0.2) is 9.97 Å². The number of carboxylic acids is 1. The second-order valence-corrected chi connectivity index (χ2v) is 4.63. The Morgan fingerprint density at radius 3 is 2.50 bits per heavy atom. The van der Waals surface area contributed by atoms with E-state index in [1.807, 2.05) is 0 Å². The third-order valence-corrected chi connectivity index (χ3v) is 2.79. The average molecular weight is 320 g/mol. The topological polar surface area (TPSA) is 109 Å². The molecule has 3 N–H and O–H groups in total. The first-order valence-corrected chi connectivity index (χ1v) is 6.20. The molecule has 7 nitrogen and oxygen atoms in total. The van der Waals surface area contributed by atoms with E-state index in [4.69, 9.17) is 10.8 Å². The molecule has 1 aromatic rings. The van der Waals surface area contributed by atoms with E-state index in [1.54, 1.807) is 0 Å². The molecule has 1 atom stereocenters. The van der Waals surface area contributed by atoms with Crippen LogP contribution in [0.2, 0.25) is 0 Å². The largest absolute Gasteiger partial charge is 0.480 e. The lowest BCUT2D eigenvalue weighted by Gasteiger charge is -2.17. The van der Waals surface area contributed by atoms with Crippen molar-refractivity contribution in [1.29, 1.82) is 0 Å². The predicted octanol–water partition coefficient (Wildman–Crippen LogP) is 0.959. The van der Waals surface area contributed by atoms with Gasteiger partial charge in [0.25, 0.3) is 0 Å². The zero-order valence-electron chi connectivity index (χ0n) is 11.9. The van der Waals surface area contributed by atoms with Gasteiger partial charge < -0.3 is 10.8 Å². The van der Waals surface area contributed by atoms with Crippen LogP contribution >= 0.6 is 0 Å². The summed E-state index contributed by atoms with van der Waals surface area (Å²) in [7, 11) is 1.21. The summed E-state index contributed by atoms with van der Waals surface area (Å²) in [5.74, 6) is -2.29. The van der Waals surface area contributed by atoms with Gasteiger partial charge in [-0.1, -0.05) is 0 Å². The summed E-state index contributed by atoms with van der Waals surface area (Å²) >= 11 is 0. The minimum absolute atomic E-state index is 0.0548. The Morgan fingerprint density at radius 1 is 1.41 bits per heavy atom. The van der Waals surface area contributed by atoms with E-state index in [0.29, 0.717) is 0 Å². The molecule has 0 bridgehead atoms. The summed E-state index contributed by atoms with van der Waals surface area (Å²) in [6.45, 7) is 1.35. The van der Waals surface area contributed by atoms with Gasteiger partial charge >= 0.3 is 12.1 Å². The number of rotatable bonds is 5. The Morgan fingerprint density at radius 2 is 2.00 bits per heavy atom. The SMILES string of the molecule is Cc1cc(C(F)(F)F)nc(N(C)C(=O)CC[C@H](N)C(=O)O)n1. The number of carboxylic acid groups (broad SMARTS) is 1. The Hall–Kier alpha value is -2.23. The molecule has 0 spiro atoms. The summed E-state index contributed by atoms with van der Waals surface area (Å²) < 4.78 is 38.0. The summed E-state index contributed by atoms with van der Waals surface area (Å²) in [6, 6.07) is -0.455. The standard InChI is InChI=1S/C12H15F3N4O3/c1-6-5-8(12(13,14)15)18-11(17-6)19(2)9(20)4-3-7(16)10(21)22/h5,7H,3-4,16H2,1-2H3,(H,21,22)/t7-/m0/s1. The average Bonchev–Trinajstić information content (AvgIpc) is 2.41. The number of nitrogens with two attached hydrogens (primary N) is 1. The summed E-state index contributed by atoms with van der Waals surface area (Å²) in [5.41, 5.74) is 4.16. The van der Waals surface area contributed by atoms with E-state index in [-0.39, 0.29) is 18.5 Å². The van der Waals surface area contributed by atoms with Gasteiger partial charge in [0.2, 0.25) is 11.9 Å². The van der Waals surface area contributed by atoms with Crippen molar-refractivity contribution in [1.82, 2.24) is 9.97 Å². The third kappa shape index (κ3) is 4.65. The molecule has 0 aliphatic carbocycles. The van der Waals surface area contributed by atoms with Crippen molar-refractivity contribution in [2.45, 2.75) is 32.0 Å². The number of carbonyl (C=O) groups is 2. The van der Waals surface area contributed by atoms with Gasteiger partial charge in [0.1, 0.15) is 11.7 Å². The monoisotopic (exact) mass is 320 g/mol. The van der Waals surface area contributed by atoms with Crippen molar-refractivity contribution < 1.29 is 27.9 Å². The first-order valence-electron chi connectivity index (χ1n) is 6.20. The number of aryl methyl sites for hydroxylation is 1. The number of alkyl halides is 3. The smallest absolute Gasteiger partial charge is 0.433 e. The molecule has 1 heterocycles. The number of anilines is 1. The highest BCUT2D eigenvalue weighted by molar-refractivity contribution is 5.91. The van der Waals surface area contributed by atoms with Crippen molar-refractivity contribution in [3.05, 3.63) is 17.5 Å². The molecule has 1 rings (SSSR count). The first kappa shape index (κ1) is 17.8. The Kier molecular flexibility index (Phi) is 5.42. The fourth-order valence-corrected chi connectivity index (χ4v) is 1.53. The van der Waals surface area contributed by atoms with Crippen molar-refractivity contribution in [2.75, 3.05) is 11.9 Å². The minimum Gasteiger partial charge on any atom is -0.480 e. The zero-order valence-corrected chi connectivity index (χ0v) is 11.9. The lowest BCUT2D eigenvalue weighted by Crippen LogP contribution is -2.34. The predicted molar refractivity (Wildman–Crippen MR) is 70.0 cm³/mol. The molecule has 1 amide bonds. The van der Waals surface area contributed by atoms with Gasteiger partial charge in [-0.3, -0.25) is 14.5 Å². The van der Waals surface area contributed by atoms with E-state index in [0.717, 1.165) is 11.0 Å². The molecule has 0 saturated heterocycles. The fraction of sp³-hybridized carbons (Fsp3) is 0.500. The summed E-state index contributed by atoms with van der Waals surface area (Å²) in [6.07, 6.45) is -5.04. The second-order valence-electron chi connectivity index (χ2n) is 4.63. The first-order chi connectivity index (χ1) is 10.0. The highest BCUT2D eigenvalue weighted by Crippen LogP contribution is 2.29. The van der Waals surface area contributed by atoms with Crippen molar-refractivity contribution >= 4 is 17.8 Å². The molecular weight excluding hydrogens is 305 g/mol. The molecule has 10 heteroatoms. The Bertz CT molecular complexity index is 577. The van der Waals surface area contributed by atoms with E-state index < -0.39 is 35.7 Å². The van der Waals surface area contributed by atoms with Crippen molar-refractivity contribution in [3.8, 4) is 0 Å². The van der Waals surface area contributed by atoms with Crippen LogP contribution in [0.15, 0.2) is 6.07 Å². The van der Waals surface area contributed by atoms with E-state index >= 15 is 0 Å². The summed E-state index contributed by atoms with van der Waals surface area (Å²) in [5, 5.41) is 8.61. The van der Waals surface area contributed by atoms with Gasteiger partial charge in [-0.05, 0) is 19.4 Å². The maximum Gasteiger partial charge on any atom is 0.433 e. The number of hydrogen-bond acceptors (Lipinski definition) is 5. The van der Waals surface area contributed by atoms with Gasteiger partial charge in [-0.2, -0.15) is 13.2 Å². The van der Waals surface area contributed by atoms with Crippen LogP contribution in [0.3, 0.4) is 0 Å². The molecule has 0 aliphatic heterocycles. The molecule has 0 unspecified atom stereocenters. The molecule has 122 valence electrons. The van der Waals surface area contributed by atoms with Crippen molar-refractivity contribution in [3.63, 3.8) is 0 Å².